The Kier molecular flexibility index (Phi) is 3.72. The van der Waals surface area contributed by atoms with Crippen LogP contribution >= 0.6 is 0 Å². The Labute approximate surface area is 122 Å². The fraction of sp³-hybridized carbons (Fsp3) is 0.529. The lowest BCUT2D eigenvalue weighted by atomic mass is 9.85. The van der Waals surface area contributed by atoms with Crippen LogP contribution in [0.3, 0.4) is 0 Å². The number of fused-ring (bicyclic) bond motifs is 1. The summed E-state index contributed by atoms with van der Waals surface area (Å²) in [5.41, 5.74) is 4.85. The van der Waals surface area contributed by atoms with Crippen molar-refractivity contribution in [1.82, 2.24) is 9.97 Å². The van der Waals surface area contributed by atoms with Gasteiger partial charge in [0.2, 0.25) is 0 Å². The van der Waals surface area contributed by atoms with Gasteiger partial charge in [-0.05, 0) is 22.5 Å². The van der Waals surface area contributed by atoms with E-state index in [4.69, 9.17) is 4.98 Å². The predicted molar refractivity (Wildman–Crippen MR) is 86.7 cm³/mol. The van der Waals surface area contributed by atoms with Crippen molar-refractivity contribution in [1.29, 1.82) is 0 Å². The van der Waals surface area contributed by atoms with E-state index in [-0.39, 0.29) is 5.41 Å². The molecular weight excluding hydrogens is 246 g/mol. The molecule has 2 aromatic rings. The van der Waals surface area contributed by atoms with Crippen molar-refractivity contribution in [2.24, 2.45) is 0 Å². The van der Waals surface area contributed by atoms with Gasteiger partial charge in [0.15, 0.2) is 0 Å². The average molecular weight is 271 g/mol. The molecule has 3 heteroatoms. The third-order valence-corrected chi connectivity index (χ3v) is 3.66. The maximum absolute atomic E-state index is 4.75. The van der Waals surface area contributed by atoms with Gasteiger partial charge in [0.25, 0.3) is 0 Å². The van der Waals surface area contributed by atoms with Gasteiger partial charge in [-0.1, -0.05) is 34.6 Å². The molecule has 0 atom stereocenters. The fourth-order valence-electron chi connectivity index (χ4n) is 2.58. The summed E-state index contributed by atoms with van der Waals surface area (Å²) in [6.07, 6.45) is 5.92. The van der Waals surface area contributed by atoms with Crippen LogP contribution in [-0.2, 0) is 5.41 Å². The number of rotatable bonds is 2. The maximum atomic E-state index is 4.75. The summed E-state index contributed by atoms with van der Waals surface area (Å²) < 4.78 is 0. The maximum Gasteiger partial charge on any atom is 0.0788 e. The molecule has 0 unspecified atom stereocenters. The van der Waals surface area contributed by atoms with Gasteiger partial charge in [-0.3, -0.25) is 9.97 Å². The molecule has 0 radical (unpaired) electrons. The summed E-state index contributed by atoms with van der Waals surface area (Å²) in [5.74, 6) is 0.425. The van der Waals surface area contributed by atoms with Crippen LogP contribution in [0.15, 0.2) is 18.6 Å². The van der Waals surface area contributed by atoms with Crippen LogP contribution in [0.2, 0.25) is 0 Å². The van der Waals surface area contributed by atoms with Crippen molar-refractivity contribution in [2.45, 2.75) is 46.0 Å². The van der Waals surface area contributed by atoms with Gasteiger partial charge in [-0.15, -0.1) is 0 Å². The van der Waals surface area contributed by atoms with Crippen molar-refractivity contribution >= 4 is 16.6 Å². The predicted octanol–water partition coefficient (Wildman–Crippen LogP) is 4.12. The number of hydrogen-bond acceptors (Lipinski definition) is 3. The van der Waals surface area contributed by atoms with Crippen LogP contribution in [0.1, 0.15) is 51.7 Å². The SMILES string of the molecule is CC(C)c1cncc2c(N(C)C)c(C(C)(C)C)cnc12. The Morgan fingerprint density at radius 3 is 2.20 bits per heavy atom. The molecule has 0 aliphatic heterocycles. The van der Waals surface area contributed by atoms with Crippen LogP contribution in [0.4, 0.5) is 5.69 Å². The van der Waals surface area contributed by atoms with E-state index in [9.17, 15) is 0 Å². The fourth-order valence-corrected chi connectivity index (χ4v) is 2.58. The van der Waals surface area contributed by atoms with Crippen molar-refractivity contribution in [2.75, 3.05) is 19.0 Å². The van der Waals surface area contributed by atoms with Crippen molar-refractivity contribution in [3.63, 3.8) is 0 Å². The first kappa shape index (κ1) is 14.8. The zero-order valence-electron chi connectivity index (χ0n) is 13.7. The van der Waals surface area contributed by atoms with Gasteiger partial charge in [0, 0.05) is 38.1 Å². The minimum absolute atomic E-state index is 0.0641. The highest BCUT2D eigenvalue weighted by Crippen LogP contribution is 2.37. The molecule has 2 rings (SSSR count). The number of anilines is 1. The van der Waals surface area contributed by atoms with Gasteiger partial charge < -0.3 is 4.90 Å². The Morgan fingerprint density at radius 1 is 1.05 bits per heavy atom. The molecule has 3 nitrogen and oxygen atoms in total. The topological polar surface area (TPSA) is 29.0 Å². The zero-order chi connectivity index (χ0) is 15.1. The van der Waals surface area contributed by atoms with Gasteiger partial charge >= 0.3 is 0 Å². The minimum Gasteiger partial charge on any atom is -0.377 e. The molecule has 0 aliphatic carbocycles. The molecule has 0 saturated carbocycles. The lowest BCUT2D eigenvalue weighted by Gasteiger charge is -2.28. The van der Waals surface area contributed by atoms with Crippen LogP contribution in [-0.4, -0.2) is 24.1 Å². The number of nitrogens with zero attached hydrogens (tertiary/aromatic N) is 3. The van der Waals surface area contributed by atoms with Crippen molar-refractivity contribution < 1.29 is 0 Å². The average Bonchev–Trinajstić information content (AvgIpc) is 2.34. The van der Waals surface area contributed by atoms with E-state index in [0.29, 0.717) is 5.92 Å². The highest BCUT2D eigenvalue weighted by molar-refractivity contribution is 5.94. The Hall–Kier alpha value is -1.64. The molecule has 0 bridgehead atoms. The standard InChI is InChI=1S/C17H25N3/c1-11(2)12-8-18-9-13-15(12)19-10-14(17(3,4)5)16(13)20(6)7/h8-11H,1-7H3. The Balaban J connectivity index is 2.87. The minimum atomic E-state index is 0.0641. The summed E-state index contributed by atoms with van der Waals surface area (Å²) in [6, 6.07) is 0. The third kappa shape index (κ3) is 2.49. The molecule has 0 aromatic carbocycles. The van der Waals surface area contributed by atoms with Crippen molar-refractivity contribution in [3.05, 3.63) is 29.7 Å². The molecule has 108 valence electrons. The van der Waals surface area contributed by atoms with Crippen molar-refractivity contribution in [3.8, 4) is 0 Å². The van der Waals surface area contributed by atoms with Crippen LogP contribution in [0.25, 0.3) is 10.9 Å². The second kappa shape index (κ2) is 5.04. The number of hydrogen-bond donors (Lipinski definition) is 0. The first-order chi connectivity index (χ1) is 9.23. The second-order valence-electron chi connectivity index (χ2n) is 6.94. The van der Waals surface area contributed by atoms with E-state index in [2.05, 4.69) is 58.6 Å². The summed E-state index contributed by atoms with van der Waals surface area (Å²) in [7, 11) is 4.18. The molecular formula is C17H25N3. The Bertz CT molecular complexity index is 622. The summed E-state index contributed by atoms with van der Waals surface area (Å²) in [6.45, 7) is 11.0. The van der Waals surface area contributed by atoms with Gasteiger partial charge in [0.1, 0.15) is 0 Å². The van der Waals surface area contributed by atoms with E-state index in [1.54, 1.807) is 0 Å². The van der Waals surface area contributed by atoms with Gasteiger partial charge in [0.05, 0.1) is 11.2 Å². The number of aromatic nitrogens is 2. The van der Waals surface area contributed by atoms with E-state index < -0.39 is 0 Å². The first-order valence-corrected chi connectivity index (χ1v) is 7.18. The lowest BCUT2D eigenvalue weighted by Crippen LogP contribution is -2.20. The van der Waals surface area contributed by atoms with E-state index in [1.807, 2.05) is 18.6 Å². The first-order valence-electron chi connectivity index (χ1n) is 7.18. The molecule has 20 heavy (non-hydrogen) atoms. The monoisotopic (exact) mass is 271 g/mol. The quantitative estimate of drug-likeness (QED) is 0.823. The molecule has 0 saturated heterocycles. The van der Waals surface area contributed by atoms with Crippen LogP contribution < -0.4 is 4.90 Å². The molecule has 0 N–H and O–H groups in total. The lowest BCUT2D eigenvalue weighted by molar-refractivity contribution is 0.588. The van der Waals surface area contributed by atoms with E-state index in [0.717, 1.165) is 10.9 Å². The molecule has 0 amide bonds. The smallest absolute Gasteiger partial charge is 0.0788 e. The van der Waals surface area contributed by atoms with Gasteiger partial charge in [-0.25, -0.2) is 0 Å². The molecule has 0 aliphatic rings. The largest absolute Gasteiger partial charge is 0.377 e. The molecule has 0 spiro atoms. The highest BCUT2D eigenvalue weighted by Gasteiger charge is 2.23. The van der Waals surface area contributed by atoms with Gasteiger partial charge in [-0.2, -0.15) is 0 Å². The summed E-state index contributed by atoms with van der Waals surface area (Å²) in [4.78, 5) is 11.4. The third-order valence-electron chi connectivity index (χ3n) is 3.66. The highest BCUT2D eigenvalue weighted by atomic mass is 15.1. The van der Waals surface area contributed by atoms with E-state index >= 15 is 0 Å². The molecule has 0 fully saturated rings. The normalized spacial score (nSPS) is 12.2. The van der Waals surface area contributed by atoms with E-state index in [1.165, 1.54) is 16.8 Å². The second-order valence-corrected chi connectivity index (χ2v) is 6.94. The van der Waals surface area contributed by atoms with Crippen LogP contribution in [0, 0.1) is 0 Å². The molecule has 2 aromatic heterocycles. The molecule has 2 heterocycles. The zero-order valence-corrected chi connectivity index (χ0v) is 13.7. The summed E-state index contributed by atoms with van der Waals surface area (Å²) >= 11 is 0. The Morgan fingerprint density at radius 2 is 1.70 bits per heavy atom. The number of pyridine rings is 2. The summed E-state index contributed by atoms with van der Waals surface area (Å²) in [5, 5.41) is 1.15. The van der Waals surface area contributed by atoms with Crippen LogP contribution in [0.5, 0.6) is 0 Å².